The molecule has 0 atom stereocenters. The number of anilines is 2. The van der Waals surface area contributed by atoms with Crippen LogP contribution in [0.5, 0.6) is 0 Å². The highest BCUT2D eigenvalue weighted by molar-refractivity contribution is 5.47. The van der Waals surface area contributed by atoms with E-state index in [1.165, 1.54) is 24.0 Å². The van der Waals surface area contributed by atoms with Gasteiger partial charge in [0.15, 0.2) is 0 Å². The van der Waals surface area contributed by atoms with Gasteiger partial charge in [-0.15, -0.1) is 0 Å². The van der Waals surface area contributed by atoms with Gasteiger partial charge in [0, 0.05) is 62.9 Å². The van der Waals surface area contributed by atoms with Gasteiger partial charge in [-0.3, -0.25) is 4.98 Å². The molecule has 0 aromatic carbocycles. The highest BCUT2D eigenvalue weighted by atomic mass is 15.3. The highest BCUT2D eigenvalue weighted by Crippen LogP contribution is 2.24. The summed E-state index contributed by atoms with van der Waals surface area (Å²) in [4.78, 5) is 18.7. The van der Waals surface area contributed by atoms with Crippen molar-refractivity contribution in [1.29, 1.82) is 0 Å². The number of rotatable bonds is 6. The van der Waals surface area contributed by atoms with Gasteiger partial charge in [0.05, 0.1) is 0 Å². The molecule has 0 saturated carbocycles. The van der Waals surface area contributed by atoms with Crippen molar-refractivity contribution in [3.8, 4) is 0 Å². The van der Waals surface area contributed by atoms with Gasteiger partial charge < -0.3 is 15.1 Å². The third-order valence-corrected chi connectivity index (χ3v) is 6.04. The molecule has 2 aliphatic heterocycles. The SMILES string of the molecule is CCc1cc(N2CCC(NCc3ccncc3C)CC2)nc(N2CCCC2)n1. The van der Waals surface area contributed by atoms with E-state index in [4.69, 9.17) is 9.97 Å². The van der Waals surface area contributed by atoms with Crippen LogP contribution in [0.15, 0.2) is 24.5 Å². The Morgan fingerprint density at radius 1 is 1.07 bits per heavy atom. The number of pyridine rings is 1. The Labute approximate surface area is 168 Å². The lowest BCUT2D eigenvalue weighted by Crippen LogP contribution is -2.42. The summed E-state index contributed by atoms with van der Waals surface area (Å²) in [5, 5.41) is 3.73. The number of piperidine rings is 1. The Hall–Kier alpha value is -2.21. The molecule has 2 aliphatic rings. The lowest BCUT2D eigenvalue weighted by molar-refractivity contribution is 0.412. The summed E-state index contributed by atoms with van der Waals surface area (Å²) in [7, 11) is 0. The quantitative estimate of drug-likeness (QED) is 0.831. The van der Waals surface area contributed by atoms with Crippen molar-refractivity contribution >= 4 is 11.8 Å². The molecule has 6 nitrogen and oxygen atoms in total. The maximum atomic E-state index is 4.93. The molecular weight excluding hydrogens is 348 g/mol. The summed E-state index contributed by atoms with van der Waals surface area (Å²) in [6.45, 7) is 9.51. The second kappa shape index (κ2) is 8.86. The number of hydrogen-bond acceptors (Lipinski definition) is 6. The molecule has 150 valence electrons. The zero-order valence-corrected chi connectivity index (χ0v) is 17.2. The molecule has 2 saturated heterocycles. The molecule has 0 aliphatic carbocycles. The van der Waals surface area contributed by atoms with Crippen LogP contribution >= 0.6 is 0 Å². The van der Waals surface area contributed by atoms with E-state index in [9.17, 15) is 0 Å². The minimum absolute atomic E-state index is 0.564. The molecule has 2 aromatic rings. The first-order valence-electron chi connectivity index (χ1n) is 10.7. The van der Waals surface area contributed by atoms with Gasteiger partial charge in [-0.1, -0.05) is 6.92 Å². The Balaban J connectivity index is 1.36. The van der Waals surface area contributed by atoms with Crippen LogP contribution in [0.2, 0.25) is 0 Å². The van der Waals surface area contributed by atoms with Crippen molar-refractivity contribution in [2.45, 2.75) is 58.5 Å². The fourth-order valence-electron chi connectivity index (χ4n) is 4.14. The standard InChI is InChI=1S/C22H32N6/c1-3-19-14-21(26-22(25-19)28-10-4-5-11-28)27-12-7-20(8-13-27)24-16-18-6-9-23-15-17(18)2/h6,9,14-15,20,24H,3-5,7-8,10-13,16H2,1-2H3. The van der Waals surface area contributed by atoms with Crippen LogP contribution in [0.1, 0.15) is 49.4 Å². The Bertz CT molecular complexity index is 778. The number of nitrogens with zero attached hydrogens (tertiary/aromatic N) is 5. The van der Waals surface area contributed by atoms with Crippen molar-refractivity contribution in [1.82, 2.24) is 20.3 Å². The minimum Gasteiger partial charge on any atom is -0.356 e. The number of nitrogens with one attached hydrogen (secondary N) is 1. The molecule has 2 fully saturated rings. The summed E-state index contributed by atoms with van der Waals surface area (Å²) in [6, 6.07) is 4.87. The molecule has 0 radical (unpaired) electrons. The molecule has 28 heavy (non-hydrogen) atoms. The second-order valence-electron chi connectivity index (χ2n) is 8.01. The van der Waals surface area contributed by atoms with E-state index in [1.54, 1.807) is 0 Å². The zero-order chi connectivity index (χ0) is 19.3. The van der Waals surface area contributed by atoms with E-state index in [0.29, 0.717) is 6.04 Å². The average Bonchev–Trinajstić information content (AvgIpc) is 3.28. The summed E-state index contributed by atoms with van der Waals surface area (Å²) >= 11 is 0. The highest BCUT2D eigenvalue weighted by Gasteiger charge is 2.22. The Morgan fingerprint density at radius 2 is 1.86 bits per heavy atom. The molecule has 0 unspecified atom stereocenters. The fourth-order valence-corrected chi connectivity index (χ4v) is 4.14. The van der Waals surface area contributed by atoms with Crippen molar-refractivity contribution in [2.75, 3.05) is 36.0 Å². The molecule has 2 aromatic heterocycles. The van der Waals surface area contributed by atoms with E-state index in [0.717, 1.165) is 69.4 Å². The molecule has 1 N–H and O–H groups in total. The summed E-state index contributed by atoms with van der Waals surface area (Å²) in [5.41, 5.74) is 3.76. The monoisotopic (exact) mass is 380 g/mol. The summed E-state index contributed by atoms with van der Waals surface area (Å²) in [5.74, 6) is 2.04. The lowest BCUT2D eigenvalue weighted by Gasteiger charge is -2.34. The topological polar surface area (TPSA) is 57.2 Å². The third-order valence-electron chi connectivity index (χ3n) is 6.04. The second-order valence-corrected chi connectivity index (χ2v) is 8.01. The van der Waals surface area contributed by atoms with Crippen LogP contribution in [0.3, 0.4) is 0 Å². The van der Waals surface area contributed by atoms with Crippen LogP contribution in [0.4, 0.5) is 11.8 Å². The zero-order valence-electron chi connectivity index (χ0n) is 17.2. The van der Waals surface area contributed by atoms with E-state index < -0.39 is 0 Å². The third kappa shape index (κ3) is 4.43. The van der Waals surface area contributed by atoms with E-state index >= 15 is 0 Å². The van der Waals surface area contributed by atoms with Crippen LogP contribution in [-0.4, -0.2) is 47.2 Å². The van der Waals surface area contributed by atoms with Crippen molar-refractivity contribution < 1.29 is 0 Å². The first-order chi connectivity index (χ1) is 13.7. The maximum absolute atomic E-state index is 4.93. The summed E-state index contributed by atoms with van der Waals surface area (Å²) < 4.78 is 0. The van der Waals surface area contributed by atoms with Gasteiger partial charge in [0.1, 0.15) is 5.82 Å². The predicted octanol–water partition coefficient (Wildman–Crippen LogP) is 3.10. The average molecular weight is 381 g/mol. The maximum Gasteiger partial charge on any atom is 0.227 e. The van der Waals surface area contributed by atoms with Gasteiger partial charge >= 0.3 is 0 Å². The van der Waals surface area contributed by atoms with E-state index in [2.05, 4.69) is 46.1 Å². The minimum atomic E-state index is 0.564. The van der Waals surface area contributed by atoms with Gasteiger partial charge in [-0.05, 0) is 56.2 Å². The first-order valence-corrected chi connectivity index (χ1v) is 10.7. The lowest BCUT2D eigenvalue weighted by atomic mass is 10.0. The van der Waals surface area contributed by atoms with Gasteiger partial charge in [0.25, 0.3) is 0 Å². The number of aromatic nitrogens is 3. The molecule has 0 amide bonds. The fraction of sp³-hybridized carbons (Fsp3) is 0.591. The summed E-state index contributed by atoms with van der Waals surface area (Å²) in [6.07, 6.45) is 9.58. The first kappa shape index (κ1) is 19.1. The van der Waals surface area contributed by atoms with Crippen LogP contribution in [0, 0.1) is 6.92 Å². The number of aryl methyl sites for hydroxylation is 2. The van der Waals surface area contributed by atoms with Crippen molar-refractivity contribution in [3.63, 3.8) is 0 Å². The molecule has 4 heterocycles. The number of hydrogen-bond donors (Lipinski definition) is 1. The van der Waals surface area contributed by atoms with Crippen molar-refractivity contribution in [2.24, 2.45) is 0 Å². The largest absolute Gasteiger partial charge is 0.356 e. The molecular formula is C22H32N6. The molecule has 6 heteroatoms. The van der Waals surface area contributed by atoms with Gasteiger partial charge in [-0.2, -0.15) is 4.98 Å². The molecule has 4 rings (SSSR count). The molecule has 0 bridgehead atoms. The predicted molar refractivity (Wildman–Crippen MR) is 114 cm³/mol. The van der Waals surface area contributed by atoms with E-state index in [-0.39, 0.29) is 0 Å². The van der Waals surface area contributed by atoms with Crippen molar-refractivity contribution in [3.05, 3.63) is 41.3 Å². The van der Waals surface area contributed by atoms with Crippen LogP contribution < -0.4 is 15.1 Å². The van der Waals surface area contributed by atoms with Gasteiger partial charge in [-0.25, -0.2) is 4.98 Å². The Kier molecular flexibility index (Phi) is 6.05. The smallest absolute Gasteiger partial charge is 0.227 e. The van der Waals surface area contributed by atoms with Gasteiger partial charge in [0.2, 0.25) is 5.95 Å². The normalized spacial score (nSPS) is 18.1. The molecule has 0 spiro atoms. The van der Waals surface area contributed by atoms with Crippen LogP contribution in [0.25, 0.3) is 0 Å². The Morgan fingerprint density at radius 3 is 2.57 bits per heavy atom. The van der Waals surface area contributed by atoms with E-state index in [1.807, 2.05) is 12.4 Å². The van der Waals surface area contributed by atoms with Crippen LogP contribution in [-0.2, 0) is 13.0 Å².